The molecule has 0 aliphatic rings. The largest absolute Gasteiger partial charge is 0.341 e. The van der Waals surface area contributed by atoms with E-state index in [1.165, 1.54) is 7.05 Å². The standard InChI is InChI=1S/C25H24N4O3S/c1-3-29-23-7-5-4-6-21(23)22-14-20(12-13-24(22)29)27-25(30)16-28(2)33(31,32)17-19-10-8-18(15-26)9-11-19/h4-14H,3,16-17H2,1-2H3,(H,27,30). The highest BCUT2D eigenvalue weighted by Gasteiger charge is 2.21. The van der Waals surface area contributed by atoms with Gasteiger partial charge in [0.1, 0.15) is 0 Å². The average molecular weight is 461 g/mol. The van der Waals surface area contributed by atoms with Crippen LogP contribution in [-0.2, 0) is 27.1 Å². The molecule has 0 unspecified atom stereocenters. The van der Waals surface area contributed by atoms with E-state index in [0.717, 1.165) is 32.7 Å². The van der Waals surface area contributed by atoms with E-state index in [-0.39, 0.29) is 12.3 Å². The van der Waals surface area contributed by atoms with Gasteiger partial charge in [0.2, 0.25) is 15.9 Å². The molecule has 0 fully saturated rings. The Labute approximate surface area is 192 Å². The molecule has 0 saturated carbocycles. The number of benzene rings is 3. The molecule has 0 radical (unpaired) electrons. The van der Waals surface area contributed by atoms with Crippen molar-refractivity contribution in [2.45, 2.75) is 19.2 Å². The van der Waals surface area contributed by atoms with Crippen molar-refractivity contribution < 1.29 is 13.2 Å². The molecule has 4 rings (SSSR count). The summed E-state index contributed by atoms with van der Waals surface area (Å²) in [5, 5.41) is 13.8. The van der Waals surface area contributed by atoms with Gasteiger partial charge in [-0.05, 0) is 48.9 Å². The van der Waals surface area contributed by atoms with Gasteiger partial charge in [0.05, 0.1) is 23.9 Å². The molecule has 1 aromatic heterocycles. The minimum atomic E-state index is -3.70. The Balaban J connectivity index is 1.48. The first kappa shape index (κ1) is 22.5. The van der Waals surface area contributed by atoms with Crippen molar-refractivity contribution in [3.05, 3.63) is 77.9 Å². The number of aromatic nitrogens is 1. The van der Waals surface area contributed by atoms with Crippen LogP contribution < -0.4 is 5.32 Å². The zero-order valence-corrected chi connectivity index (χ0v) is 19.3. The molecule has 168 valence electrons. The van der Waals surface area contributed by atoms with Gasteiger partial charge in [-0.3, -0.25) is 4.79 Å². The van der Waals surface area contributed by atoms with E-state index in [0.29, 0.717) is 16.8 Å². The maximum Gasteiger partial charge on any atom is 0.239 e. The Morgan fingerprint density at radius 1 is 1.03 bits per heavy atom. The molecule has 0 aliphatic heterocycles. The minimum absolute atomic E-state index is 0.245. The summed E-state index contributed by atoms with van der Waals surface area (Å²) >= 11 is 0. The number of anilines is 1. The third kappa shape index (κ3) is 4.60. The van der Waals surface area contributed by atoms with Gasteiger partial charge in [-0.2, -0.15) is 9.57 Å². The van der Waals surface area contributed by atoms with Gasteiger partial charge in [-0.25, -0.2) is 8.42 Å². The molecule has 0 saturated heterocycles. The molecule has 4 aromatic rings. The van der Waals surface area contributed by atoms with Crippen LogP contribution in [0, 0.1) is 11.3 Å². The van der Waals surface area contributed by atoms with Crippen molar-refractivity contribution >= 4 is 43.4 Å². The molecule has 0 bridgehead atoms. The van der Waals surface area contributed by atoms with E-state index in [1.807, 2.05) is 36.4 Å². The topological polar surface area (TPSA) is 95.2 Å². The van der Waals surface area contributed by atoms with Gasteiger partial charge in [-0.1, -0.05) is 30.3 Å². The predicted octanol–water partition coefficient (Wildman–Crippen LogP) is 4.09. The molecule has 33 heavy (non-hydrogen) atoms. The second-order valence-electron chi connectivity index (χ2n) is 7.86. The number of hydrogen-bond donors (Lipinski definition) is 1. The van der Waals surface area contributed by atoms with Crippen LogP contribution in [0.1, 0.15) is 18.1 Å². The van der Waals surface area contributed by atoms with E-state index in [1.54, 1.807) is 24.3 Å². The van der Waals surface area contributed by atoms with Crippen LogP contribution in [0.2, 0.25) is 0 Å². The van der Waals surface area contributed by atoms with Crippen molar-refractivity contribution in [1.82, 2.24) is 8.87 Å². The Hall–Kier alpha value is -3.67. The molecule has 1 amide bonds. The maximum absolute atomic E-state index is 12.7. The van der Waals surface area contributed by atoms with Crippen LogP contribution in [0.25, 0.3) is 21.8 Å². The van der Waals surface area contributed by atoms with Crippen LogP contribution in [0.3, 0.4) is 0 Å². The van der Waals surface area contributed by atoms with Gasteiger partial charge in [0.15, 0.2) is 0 Å². The molecular formula is C25H24N4O3S. The first-order valence-electron chi connectivity index (χ1n) is 10.6. The van der Waals surface area contributed by atoms with Gasteiger partial charge in [0.25, 0.3) is 0 Å². The smallest absolute Gasteiger partial charge is 0.239 e. The van der Waals surface area contributed by atoms with Crippen molar-refractivity contribution in [2.75, 3.05) is 18.9 Å². The van der Waals surface area contributed by atoms with Crippen molar-refractivity contribution in [2.24, 2.45) is 0 Å². The van der Waals surface area contributed by atoms with E-state index < -0.39 is 15.9 Å². The average Bonchev–Trinajstić information content (AvgIpc) is 3.12. The highest BCUT2D eigenvalue weighted by Crippen LogP contribution is 2.31. The number of amides is 1. The number of aryl methyl sites for hydroxylation is 1. The number of nitriles is 1. The number of hydrogen-bond acceptors (Lipinski definition) is 4. The third-order valence-electron chi connectivity index (χ3n) is 5.65. The lowest BCUT2D eigenvalue weighted by molar-refractivity contribution is -0.116. The maximum atomic E-state index is 12.7. The van der Waals surface area contributed by atoms with Crippen LogP contribution in [-0.4, -0.2) is 36.8 Å². The lowest BCUT2D eigenvalue weighted by Crippen LogP contribution is -2.35. The fourth-order valence-electron chi connectivity index (χ4n) is 3.97. The molecule has 1 heterocycles. The normalized spacial score (nSPS) is 11.7. The fraction of sp³-hybridized carbons (Fsp3) is 0.200. The monoisotopic (exact) mass is 460 g/mol. The number of nitrogens with zero attached hydrogens (tertiary/aromatic N) is 3. The highest BCUT2D eigenvalue weighted by atomic mass is 32.2. The van der Waals surface area contributed by atoms with Crippen LogP contribution in [0.5, 0.6) is 0 Å². The minimum Gasteiger partial charge on any atom is -0.341 e. The van der Waals surface area contributed by atoms with Crippen LogP contribution >= 0.6 is 0 Å². The second kappa shape index (κ2) is 9.06. The van der Waals surface area contributed by atoms with E-state index >= 15 is 0 Å². The summed E-state index contributed by atoms with van der Waals surface area (Å²) in [6.07, 6.45) is 0. The first-order chi connectivity index (χ1) is 15.8. The number of rotatable bonds is 7. The Bertz CT molecular complexity index is 1480. The lowest BCUT2D eigenvalue weighted by atomic mass is 10.1. The van der Waals surface area contributed by atoms with Crippen LogP contribution in [0.4, 0.5) is 5.69 Å². The van der Waals surface area contributed by atoms with E-state index in [4.69, 9.17) is 5.26 Å². The lowest BCUT2D eigenvalue weighted by Gasteiger charge is -2.17. The molecule has 8 heteroatoms. The van der Waals surface area contributed by atoms with Gasteiger partial charge in [0, 0.05) is 41.1 Å². The number of carbonyl (C=O) groups is 1. The summed E-state index contributed by atoms with van der Waals surface area (Å²) in [4.78, 5) is 12.6. The quantitative estimate of drug-likeness (QED) is 0.449. The zero-order chi connectivity index (χ0) is 23.6. The Kier molecular flexibility index (Phi) is 6.18. The van der Waals surface area contributed by atoms with Crippen molar-refractivity contribution in [3.63, 3.8) is 0 Å². The summed E-state index contributed by atoms with van der Waals surface area (Å²) < 4.78 is 28.6. The number of fused-ring (bicyclic) bond motifs is 3. The number of likely N-dealkylation sites (N-methyl/N-ethyl adjacent to an activating group) is 1. The molecule has 1 N–H and O–H groups in total. The van der Waals surface area contributed by atoms with Crippen LogP contribution in [0.15, 0.2) is 66.7 Å². The molecular weight excluding hydrogens is 436 g/mol. The van der Waals surface area contributed by atoms with Gasteiger partial charge >= 0.3 is 0 Å². The predicted molar refractivity (Wildman–Crippen MR) is 130 cm³/mol. The SMILES string of the molecule is CCn1c2ccccc2c2cc(NC(=O)CN(C)S(=O)(=O)Cc3ccc(C#N)cc3)ccc21. The van der Waals surface area contributed by atoms with Crippen molar-refractivity contribution in [3.8, 4) is 6.07 Å². The second-order valence-corrected chi connectivity index (χ2v) is 9.94. The summed E-state index contributed by atoms with van der Waals surface area (Å²) in [6.45, 7) is 2.63. The molecule has 0 atom stereocenters. The number of carbonyl (C=O) groups excluding carboxylic acids is 1. The fourth-order valence-corrected chi connectivity index (χ4v) is 5.12. The summed E-state index contributed by atoms with van der Waals surface area (Å²) in [7, 11) is -2.31. The molecule has 0 aliphatic carbocycles. The molecule has 3 aromatic carbocycles. The zero-order valence-electron chi connectivity index (χ0n) is 18.4. The van der Waals surface area contributed by atoms with Gasteiger partial charge < -0.3 is 9.88 Å². The van der Waals surface area contributed by atoms with Crippen molar-refractivity contribution in [1.29, 1.82) is 5.26 Å². The summed E-state index contributed by atoms with van der Waals surface area (Å²) in [5.74, 6) is -0.662. The highest BCUT2D eigenvalue weighted by molar-refractivity contribution is 7.88. The number of nitrogens with one attached hydrogen (secondary N) is 1. The third-order valence-corrected chi connectivity index (χ3v) is 7.42. The first-order valence-corrected chi connectivity index (χ1v) is 12.2. The summed E-state index contributed by atoms with van der Waals surface area (Å²) in [6, 6.07) is 22.2. The van der Waals surface area contributed by atoms with E-state index in [2.05, 4.69) is 28.9 Å². The number of sulfonamides is 1. The molecule has 0 spiro atoms. The number of para-hydroxylation sites is 1. The Morgan fingerprint density at radius 3 is 2.42 bits per heavy atom. The van der Waals surface area contributed by atoms with E-state index in [9.17, 15) is 13.2 Å². The Morgan fingerprint density at radius 2 is 1.73 bits per heavy atom. The molecule has 7 nitrogen and oxygen atoms in total. The van der Waals surface area contributed by atoms with Gasteiger partial charge in [-0.15, -0.1) is 0 Å². The summed E-state index contributed by atoms with van der Waals surface area (Å²) in [5.41, 5.74) is 3.84.